The first-order chi connectivity index (χ1) is 32.0. The molecule has 3 heterocycles. The molecule has 10 aromatic rings. The molecule has 0 unspecified atom stereocenters. The standard InChI is InChI=1S/C59H43N5S/c1-38-17-16-24-45(35-38)52-32-29-39(2)55(40-18-6-3-7-19-40)61-58(60-52)48-27-14-12-25-46(48)43-30-33-53-50(36-43)51-37-44(31-34-54(51)65-53)47-26-13-15-28-49(47)59-63-56(41-20-8-4-9-21-41)62-57(64-59)42-22-10-5-11-23-42/h3-28,30-31,33-37H,29,32H2,1-2H3/b55-39-,60-52+,61-58-. The average Bonchev–Trinajstić information content (AvgIpc) is 3.73. The van der Waals surface area contributed by atoms with Gasteiger partial charge in [-0.05, 0) is 84.3 Å². The van der Waals surface area contributed by atoms with Crippen molar-refractivity contribution in [1.82, 2.24) is 15.0 Å². The Morgan fingerprint density at radius 1 is 0.369 bits per heavy atom. The highest BCUT2D eigenvalue weighted by atomic mass is 32.1. The van der Waals surface area contributed by atoms with Crippen LogP contribution in [0.5, 0.6) is 0 Å². The maximum absolute atomic E-state index is 5.46. The zero-order valence-electron chi connectivity index (χ0n) is 36.1. The molecule has 0 radical (unpaired) electrons. The molecule has 65 heavy (non-hydrogen) atoms. The van der Waals surface area contributed by atoms with E-state index in [0.29, 0.717) is 23.3 Å². The zero-order chi connectivity index (χ0) is 43.7. The van der Waals surface area contributed by atoms with E-state index in [1.807, 2.05) is 72.0 Å². The number of nitrogens with zero attached hydrogens (tertiary/aromatic N) is 5. The summed E-state index contributed by atoms with van der Waals surface area (Å²) in [7, 11) is 0. The molecule has 8 aromatic carbocycles. The number of hydrogen-bond acceptors (Lipinski definition) is 6. The van der Waals surface area contributed by atoms with Crippen molar-refractivity contribution in [3.63, 3.8) is 0 Å². The molecule has 0 fully saturated rings. The van der Waals surface area contributed by atoms with Crippen LogP contribution in [0.3, 0.4) is 0 Å². The van der Waals surface area contributed by atoms with Crippen LogP contribution in [0.15, 0.2) is 216 Å². The molecule has 6 heteroatoms. The van der Waals surface area contributed by atoms with E-state index in [0.717, 1.165) is 79.9 Å². The van der Waals surface area contributed by atoms with Crippen molar-refractivity contribution < 1.29 is 0 Å². The highest BCUT2D eigenvalue weighted by molar-refractivity contribution is 7.25. The summed E-state index contributed by atoms with van der Waals surface area (Å²) in [5, 5.41) is 2.41. The Morgan fingerprint density at radius 2 is 0.862 bits per heavy atom. The second-order valence-electron chi connectivity index (χ2n) is 16.5. The minimum Gasteiger partial charge on any atom is -0.232 e. The smallest absolute Gasteiger partial charge is 0.164 e. The zero-order valence-corrected chi connectivity index (χ0v) is 36.9. The van der Waals surface area contributed by atoms with Crippen LogP contribution in [0.4, 0.5) is 0 Å². The van der Waals surface area contributed by atoms with Gasteiger partial charge in [-0.1, -0.05) is 181 Å². The molecule has 0 N–H and O–H groups in total. The second kappa shape index (κ2) is 17.3. The van der Waals surface area contributed by atoms with Crippen LogP contribution < -0.4 is 0 Å². The molecule has 2 aromatic heterocycles. The lowest BCUT2D eigenvalue weighted by Gasteiger charge is -2.18. The van der Waals surface area contributed by atoms with E-state index in [1.54, 1.807) is 0 Å². The van der Waals surface area contributed by atoms with E-state index in [4.69, 9.17) is 24.9 Å². The quantitative estimate of drug-likeness (QED) is 0.153. The van der Waals surface area contributed by atoms with Crippen LogP contribution in [-0.2, 0) is 0 Å². The fourth-order valence-corrected chi connectivity index (χ4v) is 9.86. The number of allylic oxidation sites excluding steroid dienone is 1. The van der Waals surface area contributed by atoms with Gasteiger partial charge in [0.15, 0.2) is 23.3 Å². The van der Waals surface area contributed by atoms with Gasteiger partial charge in [0.1, 0.15) is 0 Å². The third-order valence-corrected chi connectivity index (χ3v) is 13.3. The van der Waals surface area contributed by atoms with Crippen LogP contribution in [0.25, 0.3) is 82.3 Å². The van der Waals surface area contributed by atoms with Gasteiger partial charge < -0.3 is 0 Å². The van der Waals surface area contributed by atoms with Gasteiger partial charge in [0.05, 0.1) is 11.4 Å². The third kappa shape index (κ3) is 8.01. The summed E-state index contributed by atoms with van der Waals surface area (Å²) in [5.41, 5.74) is 14.9. The van der Waals surface area contributed by atoms with Crippen molar-refractivity contribution in [2.75, 3.05) is 0 Å². The molecule has 0 atom stereocenters. The largest absolute Gasteiger partial charge is 0.232 e. The molecule has 5 nitrogen and oxygen atoms in total. The van der Waals surface area contributed by atoms with Gasteiger partial charge in [-0.2, -0.15) is 0 Å². The molecule has 1 aliphatic rings. The first-order valence-corrected chi connectivity index (χ1v) is 22.9. The van der Waals surface area contributed by atoms with Gasteiger partial charge >= 0.3 is 0 Å². The predicted molar refractivity (Wildman–Crippen MR) is 272 cm³/mol. The summed E-state index contributed by atoms with van der Waals surface area (Å²) in [6.07, 6.45) is 1.70. The predicted octanol–water partition coefficient (Wildman–Crippen LogP) is 15.3. The molecule has 0 spiro atoms. The Bertz CT molecular complexity index is 3440. The van der Waals surface area contributed by atoms with Gasteiger partial charge in [0, 0.05) is 48.0 Å². The lowest BCUT2D eigenvalue weighted by Crippen LogP contribution is -2.11. The van der Waals surface area contributed by atoms with Crippen molar-refractivity contribution >= 4 is 48.8 Å². The Balaban J connectivity index is 1.04. The summed E-state index contributed by atoms with van der Waals surface area (Å²) in [6, 6.07) is 70.1. The molecule has 0 aliphatic carbocycles. The van der Waals surface area contributed by atoms with Gasteiger partial charge in [-0.25, -0.2) is 24.9 Å². The summed E-state index contributed by atoms with van der Waals surface area (Å²) in [6.45, 7) is 4.35. The fourth-order valence-electron chi connectivity index (χ4n) is 8.80. The van der Waals surface area contributed by atoms with E-state index in [2.05, 4.69) is 153 Å². The van der Waals surface area contributed by atoms with Gasteiger partial charge in [0.2, 0.25) is 0 Å². The monoisotopic (exact) mass is 853 g/mol. The highest BCUT2D eigenvalue weighted by Gasteiger charge is 2.20. The molecule has 0 saturated carbocycles. The Kier molecular flexibility index (Phi) is 10.6. The number of hydrogen-bond donors (Lipinski definition) is 0. The number of aromatic nitrogens is 3. The lowest BCUT2D eigenvalue weighted by atomic mass is 9.94. The van der Waals surface area contributed by atoms with Crippen LogP contribution >= 0.6 is 11.3 Å². The summed E-state index contributed by atoms with van der Waals surface area (Å²) in [5.74, 6) is 2.63. The molecule has 0 amide bonds. The van der Waals surface area contributed by atoms with Crippen molar-refractivity contribution in [1.29, 1.82) is 0 Å². The van der Waals surface area contributed by atoms with Crippen LogP contribution in [0, 0.1) is 6.92 Å². The third-order valence-electron chi connectivity index (χ3n) is 12.1. The van der Waals surface area contributed by atoms with Crippen LogP contribution in [-0.4, -0.2) is 26.5 Å². The number of fused-ring (bicyclic) bond motifs is 3. The Hall–Kier alpha value is -7.93. The van der Waals surface area contributed by atoms with Crippen molar-refractivity contribution in [3.05, 3.63) is 228 Å². The first-order valence-electron chi connectivity index (χ1n) is 22.0. The number of thiophene rings is 1. The second-order valence-corrected chi connectivity index (χ2v) is 17.6. The minimum absolute atomic E-state index is 0.633. The fraction of sp³-hybridized carbons (Fsp3) is 0.0678. The maximum atomic E-state index is 5.46. The van der Waals surface area contributed by atoms with E-state index >= 15 is 0 Å². The Morgan fingerprint density at radius 3 is 1.45 bits per heavy atom. The summed E-state index contributed by atoms with van der Waals surface area (Å²) in [4.78, 5) is 26.1. The Labute approximate surface area is 383 Å². The van der Waals surface area contributed by atoms with Crippen molar-refractivity contribution in [3.8, 4) is 56.4 Å². The highest BCUT2D eigenvalue weighted by Crippen LogP contribution is 2.41. The van der Waals surface area contributed by atoms with E-state index in [1.165, 1.54) is 31.3 Å². The van der Waals surface area contributed by atoms with Gasteiger partial charge in [-0.15, -0.1) is 11.3 Å². The van der Waals surface area contributed by atoms with E-state index < -0.39 is 0 Å². The lowest BCUT2D eigenvalue weighted by molar-refractivity contribution is 1.00. The van der Waals surface area contributed by atoms with Crippen LogP contribution in [0.2, 0.25) is 0 Å². The van der Waals surface area contributed by atoms with Gasteiger partial charge in [0.25, 0.3) is 0 Å². The molecule has 310 valence electrons. The summed E-state index contributed by atoms with van der Waals surface area (Å²) >= 11 is 1.82. The van der Waals surface area contributed by atoms with Crippen molar-refractivity contribution in [2.24, 2.45) is 9.98 Å². The topological polar surface area (TPSA) is 63.4 Å². The number of aliphatic imine (C=N–C) groups is 2. The van der Waals surface area contributed by atoms with Gasteiger partial charge in [-0.3, -0.25) is 0 Å². The average molecular weight is 854 g/mol. The molecule has 11 rings (SSSR count). The number of benzene rings is 8. The first kappa shape index (κ1) is 39.9. The van der Waals surface area contributed by atoms with E-state index in [-0.39, 0.29) is 0 Å². The van der Waals surface area contributed by atoms with E-state index in [9.17, 15) is 0 Å². The molecule has 0 saturated heterocycles. The number of aryl methyl sites for hydroxylation is 1. The SMILES string of the molecule is C/C1=C(c2ccccc2)/N=C(c2ccccc2-c2ccc3sc4ccc(-c5ccccc5-c5nc(-c6ccccc6)nc(-c6ccccc6)n5)cc4c3c2)\N=C(\c2cccc(C)c2)CC1. The van der Waals surface area contributed by atoms with Crippen LogP contribution in [0.1, 0.15) is 42.0 Å². The molecular formula is C59H43N5S. The normalized spacial score (nSPS) is 15.8. The molecule has 0 bridgehead atoms. The molecule has 1 aliphatic heterocycles. The minimum atomic E-state index is 0.633. The summed E-state index contributed by atoms with van der Waals surface area (Å²) < 4.78 is 2.46. The maximum Gasteiger partial charge on any atom is 0.164 e. The number of amidine groups is 1. The van der Waals surface area contributed by atoms with Crippen molar-refractivity contribution in [2.45, 2.75) is 26.7 Å². The number of rotatable bonds is 8. The molecular weight excluding hydrogens is 811 g/mol.